The van der Waals surface area contributed by atoms with E-state index in [1.54, 1.807) is 0 Å². The molecule has 0 bridgehead atoms. The van der Waals surface area contributed by atoms with Crippen LogP contribution in [0.15, 0.2) is 22.8 Å². The summed E-state index contributed by atoms with van der Waals surface area (Å²) in [6.07, 6.45) is 0. The molecule has 67 valence electrons. The molecule has 1 radical (unpaired) electrons. The molecular formula is C10H11N2O. The van der Waals surface area contributed by atoms with Crippen LogP contribution in [-0.2, 0) is 5.41 Å². The van der Waals surface area contributed by atoms with E-state index in [0.29, 0.717) is 0 Å². The average molecular weight is 175 g/mol. The number of hydrogen-bond acceptors (Lipinski definition) is 3. The molecule has 3 nitrogen and oxygen atoms in total. The molecule has 13 heavy (non-hydrogen) atoms. The van der Waals surface area contributed by atoms with Crippen LogP contribution < -0.4 is 0 Å². The van der Waals surface area contributed by atoms with Gasteiger partial charge in [-0.15, -0.1) is 0 Å². The van der Waals surface area contributed by atoms with Gasteiger partial charge in [-0.2, -0.15) is 0 Å². The summed E-state index contributed by atoms with van der Waals surface area (Å²) in [6.45, 7) is 8.14. The van der Waals surface area contributed by atoms with E-state index in [2.05, 4.69) is 21.9 Å². The highest BCUT2D eigenvalue weighted by Crippen LogP contribution is 2.27. The van der Waals surface area contributed by atoms with Crippen molar-refractivity contribution >= 4 is 11.0 Å². The zero-order valence-corrected chi connectivity index (χ0v) is 7.74. The van der Waals surface area contributed by atoms with E-state index in [9.17, 15) is 0 Å². The van der Waals surface area contributed by atoms with Crippen LogP contribution in [0.2, 0.25) is 0 Å². The van der Waals surface area contributed by atoms with E-state index < -0.39 is 0 Å². The second kappa shape index (κ2) is 2.55. The number of rotatable bonds is 1. The van der Waals surface area contributed by atoms with E-state index in [-0.39, 0.29) is 5.41 Å². The van der Waals surface area contributed by atoms with E-state index in [0.717, 1.165) is 16.6 Å². The van der Waals surface area contributed by atoms with Gasteiger partial charge in [-0.05, 0) is 34.3 Å². The maximum absolute atomic E-state index is 4.67. The smallest absolute Gasteiger partial charge is 0.138 e. The van der Waals surface area contributed by atoms with Crippen molar-refractivity contribution < 1.29 is 4.63 Å². The van der Waals surface area contributed by atoms with Crippen molar-refractivity contribution in [3.05, 3.63) is 30.7 Å². The molecule has 2 aromatic rings. The summed E-state index contributed by atoms with van der Waals surface area (Å²) in [7, 11) is 0. The van der Waals surface area contributed by atoms with E-state index in [1.807, 2.05) is 32.0 Å². The molecule has 0 N–H and O–H groups in total. The quantitative estimate of drug-likeness (QED) is 0.667. The number of benzene rings is 1. The van der Waals surface area contributed by atoms with Crippen molar-refractivity contribution in [2.75, 3.05) is 0 Å². The van der Waals surface area contributed by atoms with E-state index >= 15 is 0 Å². The minimum absolute atomic E-state index is 0.169. The Hall–Kier alpha value is -1.38. The molecule has 1 heterocycles. The average Bonchev–Trinajstić information content (AvgIpc) is 2.48. The first kappa shape index (κ1) is 8.23. The lowest BCUT2D eigenvalue weighted by atomic mass is 9.86. The monoisotopic (exact) mass is 175 g/mol. The van der Waals surface area contributed by atoms with Crippen molar-refractivity contribution in [3.8, 4) is 0 Å². The fourth-order valence-electron chi connectivity index (χ4n) is 1.35. The Morgan fingerprint density at radius 3 is 2.77 bits per heavy atom. The summed E-state index contributed by atoms with van der Waals surface area (Å²) in [5.41, 5.74) is 2.49. The standard InChI is InChI=1S/C10H11N2O/c1-10(2,3)7-5-4-6-8-9(7)12-13-11-8/h4-6H,1H2,2-3H3. The van der Waals surface area contributed by atoms with Crippen LogP contribution in [0.1, 0.15) is 19.4 Å². The Balaban J connectivity index is 2.75. The molecule has 0 aliphatic carbocycles. The van der Waals surface area contributed by atoms with Crippen LogP contribution in [0.25, 0.3) is 11.0 Å². The summed E-state index contributed by atoms with van der Waals surface area (Å²) >= 11 is 0. The van der Waals surface area contributed by atoms with Gasteiger partial charge in [-0.25, -0.2) is 4.63 Å². The third kappa shape index (κ3) is 1.30. The molecule has 0 atom stereocenters. The number of nitrogens with zero attached hydrogens (tertiary/aromatic N) is 2. The van der Waals surface area contributed by atoms with Crippen molar-refractivity contribution in [1.29, 1.82) is 0 Å². The highest BCUT2D eigenvalue weighted by atomic mass is 16.6. The second-order valence-electron chi connectivity index (χ2n) is 3.82. The summed E-state index contributed by atoms with van der Waals surface area (Å²) in [4.78, 5) is 0. The maximum atomic E-state index is 4.67. The molecule has 0 saturated carbocycles. The van der Waals surface area contributed by atoms with Gasteiger partial charge in [0.2, 0.25) is 0 Å². The lowest BCUT2D eigenvalue weighted by Gasteiger charge is -2.17. The largest absolute Gasteiger partial charge is 0.243 e. The lowest BCUT2D eigenvalue weighted by Crippen LogP contribution is -2.11. The maximum Gasteiger partial charge on any atom is 0.138 e. The molecule has 0 spiro atoms. The van der Waals surface area contributed by atoms with Crippen molar-refractivity contribution in [2.24, 2.45) is 0 Å². The van der Waals surface area contributed by atoms with Gasteiger partial charge in [-0.3, -0.25) is 0 Å². The van der Waals surface area contributed by atoms with Crippen LogP contribution >= 0.6 is 0 Å². The lowest BCUT2D eigenvalue weighted by molar-refractivity contribution is 0.315. The molecule has 1 aromatic heterocycles. The molecule has 2 rings (SSSR count). The molecular weight excluding hydrogens is 164 g/mol. The van der Waals surface area contributed by atoms with Crippen molar-refractivity contribution in [1.82, 2.24) is 10.3 Å². The fourth-order valence-corrected chi connectivity index (χ4v) is 1.35. The summed E-state index contributed by atoms with van der Waals surface area (Å²) in [6, 6.07) is 5.81. The Labute approximate surface area is 76.7 Å². The SMILES string of the molecule is [CH2]C(C)(C)c1cccc2nonc12. The third-order valence-corrected chi connectivity index (χ3v) is 2.02. The zero-order chi connectivity index (χ0) is 9.47. The molecule has 0 unspecified atom stereocenters. The molecule has 0 fully saturated rings. The number of fused-ring (bicyclic) bond motifs is 1. The minimum atomic E-state index is -0.169. The first-order chi connectivity index (χ1) is 6.09. The van der Waals surface area contributed by atoms with Crippen LogP contribution in [-0.4, -0.2) is 10.3 Å². The normalized spacial score (nSPS) is 12.2. The summed E-state index contributed by atoms with van der Waals surface area (Å²) in [5, 5.41) is 7.64. The van der Waals surface area contributed by atoms with Crippen LogP contribution in [0.5, 0.6) is 0 Å². The van der Waals surface area contributed by atoms with Gasteiger partial charge in [0.1, 0.15) is 11.0 Å². The van der Waals surface area contributed by atoms with Gasteiger partial charge in [-0.1, -0.05) is 26.0 Å². The summed E-state index contributed by atoms with van der Waals surface area (Å²) in [5.74, 6) is 0. The third-order valence-electron chi connectivity index (χ3n) is 2.02. The highest BCUT2D eigenvalue weighted by molar-refractivity contribution is 5.78. The first-order valence-electron chi connectivity index (χ1n) is 4.16. The molecule has 0 saturated heterocycles. The highest BCUT2D eigenvalue weighted by Gasteiger charge is 2.18. The minimum Gasteiger partial charge on any atom is -0.243 e. The van der Waals surface area contributed by atoms with Crippen molar-refractivity contribution in [2.45, 2.75) is 19.3 Å². The molecule has 0 amide bonds. The molecule has 3 heteroatoms. The predicted octanol–water partition coefficient (Wildman–Crippen LogP) is 2.33. The number of hydrogen-bond donors (Lipinski definition) is 0. The predicted molar refractivity (Wildman–Crippen MR) is 50.2 cm³/mol. The Kier molecular flexibility index (Phi) is 1.62. The topological polar surface area (TPSA) is 38.9 Å². The summed E-state index contributed by atoms with van der Waals surface area (Å²) < 4.78 is 4.67. The molecule has 0 aliphatic heterocycles. The molecule has 0 aliphatic rings. The van der Waals surface area contributed by atoms with Crippen LogP contribution in [0.4, 0.5) is 0 Å². The first-order valence-corrected chi connectivity index (χ1v) is 4.16. The second-order valence-corrected chi connectivity index (χ2v) is 3.82. The van der Waals surface area contributed by atoms with Gasteiger partial charge in [0.05, 0.1) is 0 Å². The van der Waals surface area contributed by atoms with Crippen LogP contribution in [0.3, 0.4) is 0 Å². The Morgan fingerprint density at radius 2 is 2.08 bits per heavy atom. The Morgan fingerprint density at radius 1 is 1.31 bits per heavy atom. The zero-order valence-electron chi connectivity index (χ0n) is 7.74. The van der Waals surface area contributed by atoms with Gasteiger partial charge >= 0.3 is 0 Å². The van der Waals surface area contributed by atoms with Gasteiger partial charge in [0, 0.05) is 0 Å². The fraction of sp³-hybridized carbons (Fsp3) is 0.300. The van der Waals surface area contributed by atoms with Crippen molar-refractivity contribution in [3.63, 3.8) is 0 Å². The Bertz CT molecular complexity index is 426. The van der Waals surface area contributed by atoms with E-state index in [4.69, 9.17) is 0 Å². The van der Waals surface area contributed by atoms with Gasteiger partial charge in [0.15, 0.2) is 0 Å². The van der Waals surface area contributed by atoms with Gasteiger partial charge in [0.25, 0.3) is 0 Å². The van der Waals surface area contributed by atoms with Crippen LogP contribution in [0, 0.1) is 6.92 Å². The molecule has 1 aromatic carbocycles. The number of aromatic nitrogens is 2. The van der Waals surface area contributed by atoms with Gasteiger partial charge < -0.3 is 0 Å². The van der Waals surface area contributed by atoms with E-state index in [1.165, 1.54) is 0 Å².